The minimum absolute atomic E-state index is 0.341. The number of nitrogens with one attached hydrogen (secondary N) is 1. The van der Waals surface area contributed by atoms with Gasteiger partial charge in [-0.25, -0.2) is 0 Å². The number of thioether (sulfide) groups is 2. The molecule has 1 N–H and O–H groups in total. The first-order valence-electron chi connectivity index (χ1n) is 7.25. The Morgan fingerprint density at radius 1 is 1.29 bits per heavy atom. The van der Waals surface area contributed by atoms with E-state index in [1.807, 2.05) is 23.5 Å². The number of fused-ring (bicyclic) bond motifs is 1. The van der Waals surface area contributed by atoms with Crippen molar-refractivity contribution in [1.29, 1.82) is 0 Å². The van der Waals surface area contributed by atoms with Crippen LogP contribution in [-0.2, 0) is 6.42 Å². The quantitative estimate of drug-likeness (QED) is 0.912. The predicted octanol–water partition coefficient (Wildman–Crippen LogP) is 3.61. The number of hydrogen-bond donors (Lipinski definition) is 1. The van der Waals surface area contributed by atoms with E-state index in [0.717, 1.165) is 30.1 Å². The van der Waals surface area contributed by atoms with Crippen molar-refractivity contribution in [3.63, 3.8) is 0 Å². The Morgan fingerprint density at radius 2 is 2.19 bits per heavy atom. The van der Waals surface area contributed by atoms with Crippen LogP contribution in [0.2, 0.25) is 0 Å². The number of anilines is 1. The Hall–Kier alpha value is -1.14. The summed E-state index contributed by atoms with van der Waals surface area (Å²) in [4.78, 5) is 4.64. The van der Waals surface area contributed by atoms with Gasteiger partial charge < -0.3 is 9.84 Å². The van der Waals surface area contributed by atoms with Crippen LogP contribution in [0.1, 0.15) is 23.6 Å². The zero-order chi connectivity index (χ0) is 14.2. The van der Waals surface area contributed by atoms with Gasteiger partial charge in [0.1, 0.15) is 0 Å². The van der Waals surface area contributed by atoms with Gasteiger partial charge in [0, 0.05) is 34.6 Å². The molecule has 0 bridgehead atoms. The van der Waals surface area contributed by atoms with Crippen LogP contribution < -0.4 is 5.32 Å². The molecule has 2 unspecified atom stereocenters. The zero-order valence-corrected chi connectivity index (χ0v) is 13.5. The van der Waals surface area contributed by atoms with Gasteiger partial charge in [-0.3, -0.25) is 0 Å². The molecule has 3 heterocycles. The average Bonchev–Trinajstić information content (AvgIpc) is 3.16. The molecule has 0 radical (unpaired) electrons. The van der Waals surface area contributed by atoms with Gasteiger partial charge in [-0.05, 0) is 24.1 Å². The maximum absolute atomic E-state index is 5.50. The molecule has 2 aliphatic heterocycles. The van der Waals surface area contributed by atoms with Crippen LogP contribution in [0.3, 0.4) is 0 Å². The van der Waals surface area contributed by atoms with Crippen molar-refractivity contribution in [2.24, 2.45) is 0 Å². The highest BCUT2D eigenvalue weighted by molar-refractivity contribution is 8.06. The second kappa shape index (κ2) is 5.57. The third kappa shape index (κ3) is 2.55. The SMILES string of the molecule is CC1SCCSC1c1noc(-c2ccc3c(c2)NCC3)n1. The van der Waals surface area contributed by atoms with Crippen molar-refractivity contribution in [2.45, 2.75) is 23.8 Å². The van der Waals surface area contributed by atoms with Gasteiger partial charge >= 0.3 is 0 Å². The van der Waals surface area contributed by atoms with Crippen LogP contribution >= 0.6 is 23.5 Å². The molecule has 4 rings (SSSR count). The molecule has 2 aliphatic rings. The summed E-state index contributed by atoms with van der Waals surface area (Å²) in [6.07, 6.45) is 1.10. The third-order valence-corrected chi connectivity index (χ3v) is 7.04. The van der Waals surface area contributed by atoms with E-state index in [-0.39, 0.29) is 0 Å². The second-order valence-corrected chi connectivity index (χ2v) is 8.11. The standard InChI is InChI=1S/C15H17N3OS2/c1-9-13(21-7-6-20-9)14-17-15(19-18-14)11-3-2-10-4-5-16-12(10)8-11/h2-3,8-9,13,16H,4-7H2,1H3. The zero-order valence-electron chi connectivity index (χ0n) is 11.8. The largest absolute Gasteiger partial charge is 0.384 e. The van der Waals surface area contributed by atoms with Gasteiger partial charge in [0.05, 0.1) is 5.25 Å². The van der Waals surface area contributed by atoms with Crippen LogP contribution in [0.4, 0.5) is 5.69 Å². The molecule has 110 valence electrons. The summed E-state index contributed by atoms with van der Waals surface area (Å²) in [5.74, 6) is 3.84. The van der Waals surface area contributed by atoms with E-state index < -0.39 is 0 Å². The molecule has 1 aromatic carbocycles. The summed E-state index contributed by atoms with van der Waals surface area (Å²) >= 11 is 3.92. The molecule has 0 amide bonds. The number of benzene rings is 1. The smallest absolute Gasteiger partial charge is 0.258 e. The molecule has 2 aromatic rings. The van der Waals surface area contributed by atoms with E-state index in [2.05, 4.69) is 40.6 Å². The monoisotopic (exact) mass is 319 g/mol. The van der Waals surface area contributed by atoms with E-state index in [0.29, 0.717) is 16.4 Å². The summed E-state index contributed by atoms with van der Waals surface area (Å²) in [6.45, 7) is 3.26. The lowest BCUT2D eigenvalue weighted by atomic mass is 10.1. The van der Waals surface area contributed by atoms with E-state index in [1.165, 1.54) is 17.0 Å². The Balaban J connectivity index is 1.62. The molecule has 1 fully saturated rings. The molecular formula is C15H17N3OS2. The molecule has 0 aliphatic carbocycles. The number of aromatic nitrogens is 2. The number of rotatable bonds is 2. The molecule has 6 heteroatoms. The fourth-order valence-corrected chi connectivity index (χ4v) is 5.49. The highest BCUT2D eigenvalue weighted by atomic mass is 32.2. The van der Waals surface area contributed by atoms with Gasteiger partial charge in [0.15, 0.2) is 5.82 Å². The van der Waals surface area contributed by atoms with Gasteiger partial charge in [-0.1, -0.05) is 18.1 Å². The van der Waals surface area contributed by atoms with E-state index in [1.54, 1.807) is 0 Å². The Bertz CT molecular complexity index is 658. The summed E-state index contributed by atoms with van der Waals surface area (Å²) < 4.78 is 5.50. The molecule has 1 saturated heterocycles. The Morgan fingerprint density at radius 3 is 3.10 bits per heavy atom. The van der Waals surface area contributed by atoms with Crippen molar-refractivity contribution < 1.29 is 4.52 Å². The third-order valence-electron chi connectivity index (χ3n) is 3.95. The van der Waals surface area contributed by atoms with Crippen LogP contribution in [0, 0.1) is 0 Å². The minimum Gasteiger partial charge on any atom is -0.384 e. The maximum Gasteiger partial charge on any atom is 0.258 e. The van der Waals surface area contributed by atoms with Gasteiger partial charge in [-0.15, -0.1) is 11.8 Å². The minimum atomic E-state index is 0.341. The van der Waals surface area contributed by atoms with Crippen molar-refractivity contribution in [3.8, 4) is 11.5 Å². The fourth-order valence-electron chi connectivity index (χ4n) is 2.81. The number of nitrogens with zero attached hydrogens (tertiary/aromatic N) is 2. The summed E-state index contributed by atoms with van der Waals surface area (Å²) in [5, 5.41) is 8.49. The lowest BCUT2D eigenvalue weighted by molar-refractivity contribution is 0.422. The molecule has 0 spiro atoms. The summed E-state index contributed by atoms with van der Waals surface area (Å²) in [5.41, 5.74) is 3.57. The first-order valence-corrected chi connectivity index (χ1v) is 9.35. The van der Waals surface area contributed by atoms with Gasteiger partial charge in [0.25, 0.3) is 5.89 Å². The van der Waals surface area contributed by atoms with Crippen molar-refractivity contribution in [3.05, 3.63) is 29.6 Å². The van der Waals surface area contributed by atoms with Gasteiger partial charge in [-0.2, -0.15) is 16.7 Å². The Labute approximate surface area is 132 Å². The average molecular weight is 319 g/mol. The van der Waals surface area contributed by atoms with Crippen LogP contribution in [0.15, 0.2) is 22.7 Å². The van der Waals surface area contributed by atoms with E-state index >= 15 is 0 Å². The predicted molar refractivity (Wildman–Crippen MR) is 89.0 cm³/mol. The highest BCUT2D eigenvalue weighted by Gasteiger charge is 2.28. The maximum atomic E-state index is 5.50. The normalized spacial score (nSPS) is 24.6. The molecule has 4 nitrogen and oxygen atoms in total. The molecule has 21 heavy (non-hydrogen) atoms. The van der Waals surface area contributed by atoms with E-state index in [4.69, 9.17) is 4.52 Å². The second-order valence-electron chi connectivity index (χ2n) is 5.37. The molecular weight excluding hydrogens is 302 g/mol. The van der Waals surface area contributed by atoms with Crippen LogP contribution in [0.5, 0.6) is 0 Å². The summed E-state index contributed by atoms with van der Waals surface area (Å²) in [7, 11) is 0. The molecule has 0 saturated carbocycles. The first-order chi connectivity index (χ1) is 10.3. The molecule has 2 atom stereocenters. The van der Waals surface area contributed by atoms with Crippen molar-refractivity contribution >= 4 is 29.2 Å². The molecule has 1 aromatic heterocycles. The fraction of sp³-hybridized carbons (Fsp3) is 0.467. The van der Waals surface area contributed by atoms with Crippen LogP contribution in [0.25, 0.3) is 11.5 Å². The lowest BCUT2D eigenvalue weighted by Gasteiger charge is -2.24. The Kier molecular flexibility index (Phi) is 3.59. The topological polar surface area (TPSA) is 51.0 Å². The highest BCUT2D eigenvalue weighted by Crippen LogP contribution is 2.41. The summed E-state index contributed by atoms with van der Waals surface area (Å²) in [6, 6.07) is 6.35. The van der Waals surface area contributed by atoms with Crippen molar-refractivity contribution in [1.82, 2.24) is 10.1 Å². The number of hydrogen-bond acceptors (Lipinski definition) is 6. The van der Waals surface area contributed by atoms with E-state index in [9.17, 15) is 0 Å². The first kappa shape index (κ1) is 13.5. The van der Waals surface area contributed by atoms with Crippen LogP contribution in [-0.4, -0.2) is 33.4 Å². The lowest BCUT2D eigenvalue weighted by Crippen LogP contribution is -2.16. The van der Waals surface area contributed by atoms with Gasteiger partial charge in [0.2, 0.25) is 0 Å². The van der Waals surface area contributed by atoms with Crippen molar-refractivity contribution in [2.75, 3.05) is 23.4 Å².